The lowest BCUT2D eigenvalue weighted by Gasteiger charge is -2.61. The minimum atomic E-state index is -1.71. The first-order chi connectivity index (χ1) is 24.7. The van der Waals surface area contributed by atoms with Crippen LogP contribution in [0.1, 0.15) is 91.9 Å². The Morgan fingerprint density at radius 3 is 2.08 bits per heavy atom. The highest BCUT2D eigenvalue weighted by molar-refractivity contribution is 5.15. The lowest BCUT2D eigenvalue weighted by atomic mass is 9.44. The Hall–Kier alpha value is -0.520. The number of hydrogen-bond acceptors (Lipinski definition) is 13. The van der Waals surface area contributed by atoms with Crippen LogP contribution >= 0.6 is 0 Å². The van der Waals surface area contributed by atoms with E-state index in [1.54, 1.807) is 0 Å². The Balaban J connectivity index is 0.892. The molecule has 22 atom stereocenters. The number of ether oxygens (including phenoxy) is 6. The summed E-state index contributed by atoms with van der Waals surface area (Å²) < 4.78 is 37.0. The molecule has 8 aliphatic rings. The molecule has 0 unspecified atom stereocenters. The van der Waals surface area contributed by atoms with E-state index in [-0.39, 0.29) is 23.0 Å². The van der Waals surface area contributed by atoms with Crippen molar-refractivity contribution in [2.45, 2.75) is 171 Å². The van der Waals surface area contributed by atoms with Crippen LogP contribution in [0.4, 0.5) is 0 Å². The van der Waals surface area contributed by atoms with Crippen LogP contribution in [-0.4, -0.2) is 135 Å². The molecule has 0 aromatic rings. The molecule has 4 heterocycles. The van der Waals surface area contributed by atoms with Gasteiger partial charge in [-0.25, -0.2) is 0 Å². The van der Waals surface area contributed by atoms with Gasteiger partial charge < -0.3 is 64.2 Å². The minimum absolute atomic E-state index is 0.188. The molecule has 0 amide bonds. The van der Waals surface area contributed by atoms with Crippen molar-refractivity contribution in [2.24, 2.45) is 52.3 Å². The third-order valence-corrected chi connectivity index (χ3v) is 16.2. The largest absolute Gasteiger partial charge is 0.394 e. The SMILES string of the molecule is C[C@@H]1CC[C@@]2(OC1)O[C@H]1C[C@H]3[C@@H]4CC[C@H]5C[C@H](O[C@@H]6O[C@H](CO)[C@H](O[C@@H]7O[C@H](CO)[C@@H](O)[C@H](O)[C@H]7O)[C@H](O)[C@H]6O)CC[C@]5(C)[C@@H]4CC[C@]3(C)[C@H]1[C@@H]2C. The maximum atomic E-state index is 11.2. The van der Waals surface area contributed by atoms with Crippen LogP contribution < -0.4 is 0 Å². The summed E-state index contributed by atoms with van der Waals surface area (Å²) in [6.45, 7) is 9.33. The number of aliphatic hydroxyl groups is 7. The smallest absolute Gasteiger partial charge is 0.187 e. The molecular formula is C39H64O13. The van der Waals surface area contributed by atoms with Gasteiger partial charge in [-0.15, -0.1) is 0 Å². The van der Waals surface area contributed by atoms with Crippen LogP contribution in [0, 0.1) is 52.3 Å². The molecule has 13 nitrogen and oxygen atoms in total. The number of fused-ring (bicyclic) bond motifs is 7. The van der Waals surface area contributed by atoms with E-state index < -0.39 is 80.4 Å². The fourth-order valence-corrected chi connectivity index (χ4v) is 13.2. The first-order valence-electron chi connectivity index (χ1n) is 20.3. The van der Waals surface area contributed by atoms with Crippen molar-refractivity contribution < 1.29 is 64.2 Å². The summed E-state index contributed by atoms with van der Waals surface area (Å²) in [5, 5.41) is 72.8. The second kappa shape index (κ2) is 14.1. The monoisotopic (exact) mass is 740 g/mol. The molecule has 52 heavy (non-hydrogen) atoms. The van der Waals surface area contributed by atoms with E-state index in [2.05, 4.69) is 27.7 Å². The normalized spacial score (nSPS) is 59.0. The zero-order valence-corrected chi connectivity index (χ0v) is 31.2. The molecule has 13 heteroatoms. The predicted octanol–water partition coefficient (Wildman–Crippen LogP) is 1.44. The quantitative estimate of drug-likeness (QED) is 0.194. The molecule has 0 radical (unpaired) electrons. The molecule has 4 saturated carbocycles. The fourth-order valence-electron chi connectivity index (χ4n) is 13.2. The summed E-state index contributed by atoms with van der Waals surface area (Å²) in [4.78, 5) is 0. The summed E-state index contributed by atoms with van der Waals surface area (Å²) in [5.41, 5.74) is 0.468. The molecule has 0 bridgehead atoms. The minimum Gasteiger partial charge on any atom is -0.394 e. The molecule has 4 aliphatic heterocycles. The van der Waals surface area contributed by atoms with Gasteiger partial charge in [0, 0.05) is 12.3 Å². The van der Waals surface area contributed by atoms with E-state index in [4.69, 9.17) is 28.4 Å². The van der Waals surface area contributed by atoms with Gasteiger partial charge in [0.15, 0.2) is 18.4 Å². The molecular weight excluding hydrogens is 676 g/mol. The van der Waals surface area contributed by atoms with Crippen molar-refractivity contribution in [3.8, 4) is 0 Å². The van der Waals surface area contributed by atoms with Gasteiger partial charge in [0.1, 0.15) is 48.8 Å². The molecule has 298 valence electrons. The van der Waals surface area contributed by atoms with Gasteiger partial charge in [-0.1, -0.05) is 27.7 Å². The summed E-state index contributed by atoms with van der Waals surface area (Å²) in [6.07, 6.45) is -3.66. The number of rotatable bonds is 6. The van der Waals surface area contributed by atoms with Gasteiger partial charge in [-0.2, -0.15) is 0 Å². The van der Waals surface area contributed by atoms with E-state index in [1.165, 1.54) is 25.7 Å². The Morgan fingerprint density at radius 1 is 0.673 bits per heavy atom. The molecule has 1 spiro atoms. The Morgan fingerprint density at radius 2 is 1.37 bits per heavy atom. The maximum absolute atomic E-state index is 11.2. The average molecular weight is 741 g/mol. The van der Waals surface area contributed by atoms with Crippen molar-refractivity contribution in [1.82, 2.24) is 0 Å². The van der Waals surface area contributed by atoms with E-state index >= 15 is 0 Å². The molecule has 4 saturated heterocycles. The zero-order valence-electron chi connectivity index (χ0n) is 31.2. The Labute approximate surface area is 307 Å². The van der Waals surface area contributed by atoms with Gasteiger partial charge in [-0.05, 0) is 104 Å². The lowest BCUT2D eigenvalue weighted by Crippen LogP contribution is -2.65. The molecule has 7 N–H and O–H groups in total. The van der Waals surface area contributed by atoms with Crippen LogP contribution in [0.2, 0.25) is 0 Å². The molecule has 8 fully saturated rings. The summed E-state index contributed by atoms with van der Waals surface area (Å²) in [5.74, 6) is 3.63. The van der Waals surface area contributed by atoms with Crippen molar-refractivity contribution in [3.05, 3.63) is 0 Å². The van der Waals surface area contributed by atoms with Gasteiger partial charge in [0.25, 0.3) is 0 Å². The van der Waals surface area contributed by atoms with E-state index in [1.807, 2.05) is 0 Å². The second-order valence-electron chi connectivity index (χ2n) is 18.7. The van der Waals surface area contributed by atoms with Gasteiger partial charge in [0.2, 0.25) is 0 Å². The third kappa shape index (κ3) is 5.98. The maximum Gasteiger partial charge on any atom is 0.187 e. The first-order valence-corrected chi connectivity index (χ1v) is 20.3. The Bertz CT molecular complexity index is 1260. The molecule has 0 aromatic heterocycles. The first kappa shape index (κ1) is 38.4. The summed E-state index contributed by atoms with van der Waals surface area (Å²) >= 11 is 0. The van der Waals surface area contributed by atoms with Crippen molar-refractivity contribution in [2.75, 3.05) is 19.8 Å². The standard InChI is InChI=1S/C39H64O13/c1-18-7-12-39(47-17-18)19(2)28-25(52-39)14-24-22-6-5-20-13-21(8-10-37(20,3)23(22)9-11-38(24,28)4)48-35-33(46)31(44)34(27(16-41)50-35)51-36-32(45)30(43)29(42)26(15-40)49-36/h18-36,40-46H,5-17H2,1-4H3/t18-,19+,20+,21-,22-,23-,24+,25+,26-,27-,28+,29-,30+,31-,32-,33-,34+,35-,36+,37+,38+,39-/m1/s1. The number of hydrogen-bond donors (Lipinski definition) is 7. The highest BCUT2D eigenvalue weighted by Crippen LogP contribution is 2.71. The van der Waals surface area contributed by atoms with Gasteiger partial charge in [0.05, 0.1) is 32.0 Å². The fraction of sp³-hybridized carbons (Fsp3) is 1.00. The van der Waals surface area contributed by atoms with Gasteiger partial charge >= 0.3 is 0 Å². The summed E-state index contributed by atoms with van der Waals surface area (Å²) in [7, 11) is 0. The predicted molar refractivity (Wildman–Crippen MR) is 183 cm³/mol. The van der Waals surface area contributed by atoms with Crippen molar-refractivity contribution in [3.63, 3.8) is 0 Å². The molecule has 8 rings (SSSR count). The highest BCUT2D eigenvalue weighted by Gasteiger charge is 2.69. The van der Waals surface area contributed by atoms with E-state index in [0.717, 1.165) is 45.1 Å². The third-order valence-electron chi connectivity index (χ3n) is 16.2. The van der Waals surface area contributed by atoms with Crippen LogP contribution in [0.15, 0.2) is 0 Å². The van der Waals surface area contributed by atoms with Crippen molar-refractivity contribution >= 4 is 0 Å². The van der Waals surface area contributed by atoms with E-state index in [9.17, 15) is 35.7 Å². The van der Waals surface area contributed by atoms with Crippen LogP contribution in [0.5, 0.6) is 0 Å². The topological polar surface area (TPSA) is 197 Å². The lowest BCUT2D eigenvalue weighted by molar-refractivity contribution is -0.364. The van der Waals surface area contributed by atoms with Crippen LogP contribution in [0.25, 0.3) is 0 Å². The molecule has 4 aliphatic carbocycles. The number of aliphatic hydroxyl groups excluding tert-OH is 7. The second-order valence-corrected chi connectivity index (χ2v) is 18.7. The Kier molecular flexibility index (Phi) is 10.4. The van der Waals surface area contributed by atoms with Crippen LogP contribution in [-0.2, 0) is 28.4 Å². The van der Waals surface area contributed by atoms with Crippen molar-refractivity contribution in [1.29, 1.82) is 0 Å². The van der Waals surface area contributed by atoms with Crippen LogP contribution in [0.3, 0.4) is 0 Å². The zero-order chi connectivity index (χ0) is 36.9. The molecule has 0 aromatic carbocycles. The average Bonchev–Trinajstić information content (AvgIpc) is 3.58. The van der Waals surface area contributed by atoms with E-state index in [0.29, 0.717) is 41.4 Å². The van der Waals surface area contributed by atoms with Gasteiger partial charge in [-0.3, -0.25) is 0 Å². The summed E-state index contributed by atoms with van der Waals surface area (Å²) in [6, 6.07) is 0. The highest BCUT2D eigenvalue weighted by atomic mass is 16.7.